The van der Waals surface area contributed by atoms with Gasteiger partial charge in [-0.15, -0.1) is 0 Å². The molecule has 6 fully saturated rings. The van der Waals surface area contributed by atoms with E-state index in [1.165, 1.54) is 25.0 Å². The minimum absolute atomic E-state index is 0.00172. The van der Waals surface area contributed by atoms with Crippen LogP contribution in [-0.4, -0.2) is 47.7 Å². The fraction of sp³-hybridized carbons (Fsp3) is 0.655. The van der Waals surface area contributed by atoms with Crippen LogP contribution >= 0.6 is 0 Å². The Morgan fingerprint density at radius 1 is 0.559 bits per heavy atom. The summed E-state index contributed by atoms with van der Waals surface area (Å²) in [5.74, 6) is 2.33. The van der Waals surface area contributed by atoms with E-state index in [0.717, 1.165) is 88.2 Å². The van der Waals surface area contributed by atoms with Gasteiger partial charge in [0.1, 0.15) is 25.4 Å². The van der Waals surface area contributed by atoms with Crippen molar-refractivity contribution in [1.29, 1.82) is 0 Å². The molecule has 9 rings (SSSR count). The van der Waals surface area contributed by atoms with Crippen LogP contribution in [-0.2, 0) is 60.9 Å². The maximum Gasteiger partial charge on any atom is 0.330 e. The Labute approximate surface area is 403 Å². The van der Waals surface area contributed by atoms with Gasteiger partial charge < -0.3 is 18.9 Å². The molecule has 14 atom stereocenters. The maximum absolute atomic E-state index is 13.0. The highest BCUT2D eigenvalue weighted by molar-refractivity contribution is 5.92. The maximum atomic E-state index is 13.0. The molecule has 6 saturated carbocycles. The Kier molecular flexibility index (Phi) is 13.5. The van der Waals surface area contributed by atoms with E-state index in [0.29, 0.717) is 61.2 Å². The SMILES string of the molecule is CC(=O)O[C@H]1CC[C@H]2[C@@H]3[C@H](C/C=C/C(=O)OCc4ccc(COC(=O)/C=C/C[C@@H]5CC6=CC(=O)CC[C@]6(C)[C@H]6CC[C@]7(C)[C@@H](OC(C)=O)CC[C@H]7[C@H]56)cc4)CC4=CC(=O)CC[C@]4(C)[C@H]3CC[C@]12C. The fourth-order valence-electron chi connectivity index (χ4n) is 16.4. The highest BCUT2D eigenvalue weighted by atomic mass is 16.6. The van der Waals surface area contributed by atoms with Crippen molar-refractivity contribution >= 4 is 35.4 Å². The number of hydrogen-bond acceptors (Lipinski definition) is 10. The molecule has 0 radical (unpaired) electrons. The van der Waals surface area contributed by atoms with Crippen molar-refractivity contribution in [3.63, 3.8) is 0 Å². The standard InChI is InChI=1S/C58H74O10/c1-35(59)67-49-19-17-45-53-39(29-41-31-43(61)21-25-55(41,3)47(53)23-27-57(45,49)5)9-7-11-51(63)65-33-37-13-15-38(16-14-37)34-66-52(64)12-8-10-40-30-42-32-44(62)22-26-56(42,4)48-24-28-58(6)46(54(40)48)18-20-50(58)68-36(2)60/h7-8,11-16,31-32,39-40,45-50,53-54H,9-10,17-30,33-34H2,1-6H3/b11-7+,12-8+/t39-,40-,45+,46+,47+,48+,49+,50+,53+,54+,55+,56+,57+,58+/m1/s1. The first-order chi connectivity index (χ1) is 32.4. The van der Waals surface area contributed by atoms with Crippen LogP contribution in [0.4, 0.5) is 0 Å². The number of allylic oxidation sites excluding steroid dienone is 4. The monoisotopic (exact) mass is 931 g/mol. The summed E-state index contributed by atoms with van der Waals surface area (Å²) in [5.41, 5.74) is 4.06. The summed E-state index contributed by atoms with van der Waals surface area (Å²) >= 11 is 0. The summed E-state index contributed by atoms with van der Waals surface area (Å²) in [6.45, 7) is 12.6. The molecule has 0 aromatic heterocycles. The van der Waals surface area contributed by atoms with Crippen molar-refractivity contribution < 1.29 is 47.7 Å². The topological polar surface area (TPSA) is 139 Å². The molecule has 0 amide bonds. The quantitative estimate of drug-likeness (QED) is 0.113. The molecule has 8 aliphatic carbocycles. The van der Waals surface area contributed by atoms with Gasteiger partial charge in [-0.05, 0) is 171 Å². The number of ketones is 2. The van der Waals surface area contributed by atoms with Crippen molar-refractivity contribution in [3.8, 4) is 0 Å². The van der Waals surface area contributed by atoms with Gasteiger partial charge in [0, 0.05) is 49.7 Å². The van der Waals surface area contributed by atoms with Gasteiger partial charge >= 0.3 is 23.9 Å². The van der Waals surface area contributed by atoms with Gasteiger partial charge in [0.25, 0.3) is 0 Å². The number of carbonyl (C=O) groups excluding carboxylic acids is 6. The Hall–Kier alpha value is -4.60. The minimum Gasteiger partial charge on any atom is -0.462 e. The van der Waals surface area contributed by atoms with Crippen molar-refractivity contribution in [2.45, 2.75) is 170 Å². The number of benzene rings is 1. The Balaban J connectivity index is 0.771. The van der Waals surface area contributed by atoms with Crippen LogP contribution in [0, 0.1) is 69.0 Å². The predicted molar refractivity (Wildman–Crippen MR) is 256 cm³/mol. The molecular formula is C58H74O10. The second-order valence-electron chi connectivity index (χ2n) is 23.4. The third kappa shape index (κ3) is 9.04. The first-order valence-corrected chi connectivity index (χ1v) is 26.0. The molecule has 1 aromatic carbocycles. The van der Waals surface area contributed by atoms with Gasteiger partial charge in [0.05, 0.1) is 0 Å². The highest BCUT2D eigenvalue weighted by Gasteiger charge is 2.63. The molecule has 0 N–H and O–H groups in total. The molecule has 0 bridgehead atoms. The number of rotatable bonds is 12. The molecule has 8 aliphatic rings. The van der Waals surface area contributed by atoms with Gasteiger partial charge in [0.15, 0.2) is 11.6 Å². The van der Waals surface area contributed by atoms with Crippen LogP contribution in [0.15, 0.2) is 71.9 Å². The predicted octanol–water partition coefficient (Wildman–Crippen LogP) is 11.0. The average molecular weight is 931 g/mol. The lowest BCUT2D eigenvalue weighted by atomic mass is 9.44. The van der Waals surface area contributed by atoms with E-state index in [4.69, 9.17) is 18.9 Å². The fourth-order valence-corrected chi connectivity index (χ4v) is 16.4. The normalized spacial score (nSPS) is 39.3. The zero-order valence-electron chi connectivity index (χ0n) is 41.4. The van der Waals surface area contributed by atoms with Gasteiger partial charge in [-0.3, -0.25) is 19.2 Å². The number of esters is 4. The minimum atomic E-state index is -0.406. The zero-order valence-corrected chi connectivity index (χ0v) is 41.4. The third-order valence-corrected chi connectivity index (χ3v) is 19.9. The number of carbonyl (C=O) groups is 6. The molecule has 0 saturated heterocycles. The van der Waals surface area contributed by atoms with E-state index in [2.05, 4.69) is 27.7 Å². The molecule has 0 aliphatic heterocycles. The summed E-state index contributed by atoms with van der Waals surface area (Å²) in [4.78, 5) is 75.5. The highest BCUT2D eigenvalue weighted by Crippen LogP contribution is 2.69. The van der Waals surface area contributed by atoms with Gasteiger partial charge in [0.2, 0.25) is 0 Å². The first-order valence-electron chi connectivity index (χ1n) is 26.0. The molecule has 68 heavy (non-hydrogen) atoms. The molecule has 10 nitrogen and oxygen atoms in total. The second kappa shape index (κ2) is 19.0. The van der Waals surface area contributed by atoms with E-state index in [1.54, 1.807) is 12.2 Å². The second-order valence-corrected chi connectivity index (χ2v) is 23.4. The summed E-state index contributed by atoms with van der Waals surface area (Å²) in [7, 11) is 0. The molecule has 366 valence electrons. The van der Waals surface area contributed by atoms with E-state index < -0.39 is 11.9 Å². The summed E-state index contributed by atoms with van der Waals surface area (Å²) in [6.07, 6.45) is 24.8. The third-order valence-electron chi connectivity index (χ3n) is 19.9. The summed E-state index contributed by atoms with van der Waals surface area (Å²) in [6, 6.07) is 7.52. The molecular weight excluding hydrogens is 857 g/mol. The van der Waals surface area contributed by atoms with Gasteiger partial charge in [-0.25, -0.2) is 9.59 Å². The number of hydrogen-bond donors (Lipinski definition) is 0. The Morgan fingerprint density at radius 3 is 1.34 bits per heavy atom. The van der Waals surface area contributed by atoms with Gasteiger partial charge in [-0.2, -0.15) is 0 Å². The van der Waals surface area contributed by atoms with E-state index in [1.807, 2.05) is 48.6 Å². The molecule has 0 spiro atoms. The molecule has 1 aromatic rings. The summed E-state index contributed by atoms with van der Waals surface area (Å²) in [5, 5.41) is 0. The van der Waals surface area contributed by atoms with Crippen LogP contribution in [0.1, 0.15) is 155 Å². The first kappa shape index (κ1) is 48.4. The van der Waals surface area contributed by atoms with E-state index in [9.17, 15) is 28.8 Å². The van der Waals surface area contributed by atoms with Crippen LogP contribution < -0.4 is 0 Å². The molecule has 0 heterocycles. The van der Waals surface area contributed by atoms with Crippen molar-refractivity contribution in [2.75, 3.05) is 0 Å². The zero-order chi connectivity index (χ0) is 48.2. The average Bonchev–Trinajstić information content (AvgIpc) is 3.80. The Morgan fingerprint density at radius 2 is 0.956 bits per heavy atom. The number of ether oxygens (including phenoxy) is 4. The summed E-state index contributed by atoms with van der Waals surface area (Å²) < 4.78 is 23.2. The van der Waals surface area contributed by atoms with E-state index >= 15 is 0 Å². The largest absolute Gasteiger partial charge is 0.462 e. The lowest BCUT2D eigenvalue weighted by molar-refractivity contribution is -0.159. The molecule has 0 unspecified atom stereocenters. The van der Waals surface area contributed by atoms with Crippen LogP contribution in [0.5, 0.6) is 0 Å². The van der Waals surface area contributed by atoms with Crippen LogP contribution in [0.2, 0.25) is 0 Å². The Bertz CT molecular complexity index is 2140. The van der Waals surface area contributed by atoms with Crippen molar-refractivity contribution in [3.05, 3.63) is 83.0 Å². The van der Waals surface area contributed by atoms with Crippen molar-refractivity contribution in [1.82, 2.24) is 0 Å². The van der Waals surface area contributed by atoms with E-state index in [-0.39, 0.29) is 82.4 Å². The van der Waals surface area contributed by atoms with Gasteiger partial charge in [-0.1, -0.05) is 75.3 Å². The van der Waals surface area contributed by atoms with Crippen LogP contribution in [0.25, 0.3) is 0 Å². The van der Waals surface area contributed by atoms with Crippen LogP contribution in [0.3, 0.4) is 0 Å². The lowest BCUT2D eigenvalue weighted by Gasteiger charge is -2.60. The lowest BCUT2D eigenvalue weighted by Crippen LogP contribution is -2.54. The molecule has 10 heteroatoms. The number of fused-ring (bicyclic) bond motifs is 10. The smallest absolute Gasteiger partial charge is 0.330 e. The van der Waals surface area contributed by atoms with Crippen molar-refractivity contribution in [2.24, 2.45) is 69.0 Å².